The van der Waals surface area contributed by atoms with E-state index < -0.39 is 0 Å². The van der Waals surface area contributed by atoms with E-state index >= 15 is 0 Å². The van der Waals surface area contributed by atoms with Crippen molar-refractivity contribution in [2.45, 2.75) is 19.4 Å². The minimum absolute atomic E-state index is 0. The van der Waals surface area contributed by atoms with Crippen LogP contribution in [0.5, 0.6) is 5.75 Å². The maximum absolute atomic E-state index is 13.0. The van der Waals surface area contributed by atoms with Crippen LogP contribution in [0, 0.1) is 29.5 Å². The minimum atomic E-state index is -0.305. The number of allylic oxidation sites excluding steroid dienone is 2. The maximum Gasteiger partial charge on any atom is 0.233 e. The Morgan fingerprint density at radius 1 is 1.16 bits per heavy atom. The predicted octanol–water partition coefficient (Wildman–Crippen LogP) is 2.18. The van der Waals surface area contributed by atoms with Crippen LogP contribution in [-0.2, 0) is 9.59 Å². The second-order valence-corrected chi connectivity index (χ2v) is 8.09. The summed E-state index contributed by atoms with van der Waals surface area (Å²) in [4.78, 5) is 31.0. The lowest BCUT2D eigenvalue weighted by Crippen LogP contribution is -2.45. The molecule has 0 aromatic heterocycles. The van der Waals surface area contributed by atoms with E-state index in [1.54, 1.807) is 19.2 Å². The molecule has 1 aromatic rings. The summed E-state index contributed by atoms with van der Waals surface area (Å²) in [6.07, 6.45) is 4.96. The number of rotatable bonds is 7. The van der Waals surface area contributed by atoms with Gasteiger partial charge in [-0.25, -0.2) is 4.39 Å². The molecule has 3 aliphatic rings. The van der Waals surface area contributed by atoms with Crippen LogP contribution in [-0.4, -0.2) is 55.5 Å². The van der Waals surface area contributed by atoms with Crippen LogP contribution in [0.4, 0.5) is 4.39 Å². The van der Waals surface area contributed by atoms with Gasteiger partial charge in [0.05, 0.1) is 18.4 Å². The third-order valence-electron chi connectivity index (χ3n) is 6.12. The molecule has 2 N–H and O–H groups in total. The summed E-state index contributed by atoms with van der Waals surface area (Å²) in [6, 6.07) is 5.87. The van der Waals surface area contributed by atoms with Crippen LogP contribution < -0.4 is 15.4 Å². The van der Waals surface area contributed by atoms with Crippen molar-refractivity contribution in [2.75, 3.05) is 26.7 Å². The number of fused-ring (bicyclic) bond motifs is 5. The number of likely N-dealkylation sites (tertiary alicyclic amines) is 1. The Bertz CT molecular complexity index is 846. The Hall–Kier alpha value is -2.17. The first-order chi connectivity index (χ1) is 14.5. The topological polar surface area (TPSA) is 83.0 Å². The summed E-state index contributed by atoms with van der Waals surface area (Å²) in [5.74, 6) is 0.919. The molecular weight excluding hydrogens is 514 g/mol. The van der Waals surface area contributed by atoms with Gasteiger partial charge in [0.25, 0.3) is 0 Å². The first-order valence-corrected chi connectivity index (χ1v) is 10.4. The highest BCUT2D eigenvalue weighted by molar-refractivity contribution is 14.0. The molecule has 9 heteroatoms. The summed E-state index contributed by atoms with van der Waals surface area (Å²) in [5.41, 5.74) is 0. The van der Waals surface area contributed by atoms with Gasteiger partial charge in [-0.15, -0.1) is 24.0 Å². The molecule has 7 nitrogen and oxygen atoms in total. The second kappa shape index (κ2) is 9.97. The molecule has 5 atom stereocenters. The summed E-state index contributed by atoms with van der Waals surface area (Å²) in [7, 11) is 1.65. The smallest absolute Gasteiger partial charge is 0.233 e. The van der Waals surface area contributed by atoms with Crippen molar-refractivity contribution in [3.05, 3.63) is 42.2 Å². The number of carbonyl (C=O) groups excluding carboxylic acids is 2. The van der Waals surface area contributed by atoms with E-state index in [0.29, 0.717) is 31.3 Å². The van der Waals surface area contributed by atoms with Crippen LogP contribution in [0.1, 0.15) is 13.3 Å². The molecule has 2 amide bonds. The summed E-state index contributed by atoms with van der Waals surface area (Å²) >= 11 is 0. The molecule has 4 rings (SSSR count). The molecule has 1 saturated carbocycles. The number of benzene rings is 1. The highest BCUT2D eigenvalue weighted by Crippen LogP contribution is 2.52. The molecule has 0 radical (unpaired) electrons. The monoisotopic (exact) mass is 542 g/mol. The molecule has 1 aliphatic heterocycles. The largest absolute Gasteiger partial charge is 0.489 e. The fraction of sp³-hybridized carbons (Fsp3) is 0.500. The predicted molar refractivity (Wildman–Crippen MR) is 126 cm³/mol. The molecule has 2 aliphatic carbocycles. The molecule has 1 saturated heterocycles. The zero-order valence-corrected chi connectivity index (χ0v) is 19.9. The fourth-order valence-electron chi connectivity index (χ4n) is 4.72. The highest BCUT2D eigenvalue weighted by Gasteiger charge is 2.58. The SMILES string of the molecule is CN=C(NCCN1C(=O)C2C3C=CC(C3)C2C1=O)NCC(C)Oc1ccc(F)cc1.I. The van der Waals surface area contributed by atoms with E-state index in [1.165, 1.54) is 17.0 Å². The molecule has 1 heterocycles. The van der Waals surface area contributed by atoms with Gasteiger partial charge in [-0.05, 0) is 49.4 Å². The fourth-order valence-corrected chi connectivity index (χ4v) is 4.72. The Labute approximate surface area is 198 Å². The van der Waals surface area contributed by atoms with E-state index in [2.05, 4.69) is 27.8 Å². The lowest BCUT2D eigenvalue weighted by Gasteiger charge is -2.20. The molecule has 0 spiro atoms. The number of guanidine groups is 1. The van der Waals surface area contributed by atoms with Crippen LogP contribution in [0.2, 0.25) is 0 Å². The van der Waals surface area contributed by atoms with Gasteiger partial charge >= 0.3 is 0 Å². The number of hydrogen-bond donors (Lipinski definition) is 2. The Kier molecular flexibility index (Phi) is 7.55. The lowest BCUT2D eigenvalue weighted by atomic mass is 9.85. The van der Waals surface area contributed by atoms with Crippen molar-refractivity contribution in [3.8, 4) is 5.75 Å². The van der Waals surface area contributed by atoms with Gasteiger partial charge in [0.2, 0.25) is 11.8 Å². The number of amides is 2. The van der Waals surface area contributed by atoms with Crippen molar-refractivity contribution in [3.63, 3.8) is 0 Å². The van der Waals surface area contributed by atoms with Crippen LogP contribution in [0.25, 0.3) is 0 Å². The summed E-state index contributed by atoms with van der Waals surface area (Å²) in [6.45, 7) is 3.13. The van der Waals surface area contributed by atoms with Gasteiger partial charge in [0, 0.05) is 20.1 Å². The number of imide groups is 1. The van der Waals surface area contributed by atoms with E-state index in [-0.39, 0.29) is 71.4 Å². The van der Waals surface area contributed by atoms with Crippen molar-refractivity contribution >= 4 is 41.8 Å². The normalized spacial score (nSPS) is 27.2. The van der Waals surface area contributed by atoms with Crippen LogP contribution in [0.15, 0.2) is 41.4 Å². The first-order valence-electron chi connectivity index (χ1n) is 10.4. The number of hydrogen-bond acceptors (Lipinski definition) is 4. The Morgan fingerprint density at radius 3 is 2.35 bits per heavy atom. The molecule has 1 aromatic carbocycles. The first kappa shape index (κ1) is 23.5. The summed E-state index contributed by atoms with van der Waals surface area (Å²) in [5, 5.41) is 6.29. The zero-order valence-electron chi connectivity index (χ0n) is 17.6. The van der Waals surface area contributed by atoms with Crippen molar-refractivity contribution in [2.24, 2.45) is 28.7 Å². The average Bonchev–Trinajstić information content (AvgIpc) is 3.41. The average molecular weight is 542 g/mol. The highest BCUT2D eigenvalue weighted by atomic mass is 127. The Morgan fingerprint density at radius 2 is 1.77 bits per heavy atom. The van der Waals surface area contributed by atoms with E-state index in [9.17, 15) is 14.0 Å². The van der Waals surface area contributed by atoms with Gasteiger partial charge in [-0.2, -0.15) is 0 Å². The van der Waals surface area contributed by atoms with Crippen LogP contribution in [0.3, 0.4) is 0 Å². The quantitative estimate of drug-likeness (QED) is 0.182. The molecule has 5 unspecified atom stereocenters. The number of halogens is 2. The standard InChI is InChI=1S/C22H27FN4O3.HI/c1-13(30-17-7-5-16(23)6-8-17)12-26-22(24-2)25-9-10-27-20(28)18-14-3-4-15(11-14)19(18)21(27)29;/h3-8,13-15,18-19H,9-12H2,1-2H3,(H2,24,25,26);1H. The van der Waals surface area contributed by atoms with E-state index in [0.717, 1.165) is 6.42 Å². The maximum atomic E-state index is 13.0. The number of nitrogens with zero attached hydrogens (tertiary/aromatic N) is 2. The second-order valence-electron chi connectivity index (χ2n) is 8.09. The number of nitrogens with one attached hydrogen (secondary N) is 2. The van der Waals surface area contributed by atoms with Crippen molar-refractivity contribution < 1.29 is 18.7 Å². The third-order valence-corrected chi connectivity index (χ3v) is 6.12. The van der Waals surface area contributed by atoms with Gasteiger partial charge in [-0.1, -0.05) is 12.2 Å². The van der Waals surface area contributed by atoms with Crippen molar-refractivity contribution in [1.82, 2.24) is 15.5 Å². The van der Waals surface area contributed by atoms with Gasteiger partial charge in [-0.3, -0.25) is 19.5 Å². The zero-order chi connectivity index (χ0) is 21.3. The molecular formula is C22H28FIN4O3. The minimum Gasteiger partial charge on any atom is -0.489 e. The molecule has 2 bridgehead atoms. The van der Waals surface area contributed by atoms with Crippen LogP contribution >= 0.6 is 24.0 Å². The lowest BCUT2D eigenvalue weighted by molar-refractivity contribution is -0.140. The molecule has 2 fully saturated rings. The van der Waals surface area contributed by atoms with E-state index in [4.69, 9.17) is 4.74 Å². The van der Waals surface area contributed by atoms with Gasteiger partial charge in [0.1, 0.15) is 17.7 Å². The molecule has 31 heavy (non-hydrogen) atoms. The van der Waals surface area contributed by atoms with Gasteiger partial charge < -0.3 is 15.4 Å². The van der Waals surface area contributed by atoms with E-state index in [1.807, 2.05) is 6.92 Å². The Balaban J connectivity index is 0.00000272. The number of carbonyl (C=O) groups is 2. The number of aliphatic imine (C=N–C) groups is 1. The van der Waals surface area contributed by atoms with Crippen molar-refractivity contribution in [1.29, 1.82) is 0 Å². The van der Waals surface area contributed by atoms with Gasteiger partial charge in [0.15, 0.2) is 5.96 Å². The summed E-state index contributed by atoms with van der Waals surface area (Å²) < 4.78 is 18.7. The third kappa shape index (κ3) is 4.86. The number of ether oxygens (including phenoxy) is 1. The molecule has 168 valence electrons.